The Morgan fingerprint density at radius 3 is 2.42 bits per heavy atom. The summed E-state index contributed by atoms with van der Waals surface area (Å²) in [5.41, 5.74) is -0.263. The zero-order valence-electron chi connectivity index (χ0n) is 5.93. The van der Waals surface area contributed by atoms with Gasteiger partial charge in [-0.2, -0.15) is 13.2 Å². The Kier molecular flexibility index (Phi) is 2.47. The van der Waals surface area contributed by atoms with Crippen LogP contribution in [-0.2, 0) is 6.18 Å². The molecule has 0 aliphatic heterocycles. The number of halogens is 3. The fraction of sp³-hybridized carbons (Fsp3) is 0.125. The van der Waals surface area contributed by atoms with Gasteiger partial charge >= 0.3 is 6.18 Å². The lowest BCUT2D eigenvalue weighted by Crippen LogP contribution is -2.04. The van der Waals surface area contributed by atoms with Gasteiger partial charge in [-0.15, -0.1) is 0 Å². The van der Waals surface area contributed by atoms with Crippen LogP contribution in [0.25, 0.3) is 0 Å². The van der Waals surface area contributed by atoms with Crippen LogP contribution in [0.4, 0.5) is 13.2 Å². The predicted octanol–water partition coefficient (Wildman–Crippen LogP) is 3.05. The first-order valence-corrected chi connectivity index (χ1v) is 3.63. The van der Waals surface area contributed by atoms with Gasteiger partial charge in [0, 0.05) is 5.37 Å². The lowest BCUT2D eigenvalue weighted by atomic mass is 10.1. The zero-order chi connectivity index (χ0) is 9.19. The summed E-state index contributed by atoms with van der Waals surface area (Å²) in [6, 6.07) is 4.90. The van der Waals surface area contributed by atoms with E-state index in [1.165, 1.54) is 17.5 Å². The molecule has 0 N–H and O–H groups in total. The quantitative estimate of drug-likeness (QED) is 0.613. The molecule has 0 unspecified atom stereocenters. The second kappa shape index (κ2) is 3.23. The lowest BCUT2D eigenvalue weighted by Gasteiger charge is -2.05. The van der Waals surface area contributed by atoms with Crippen LogP contribution in [-0.4, -0.2) is 5.37 Å². The number of benzene rings is 1. The van der Waals surface area contributed by atoms with Crippen molar-refractivity contribution in [3.05, 3.63) is 35.4 Å². The molecule has 4 heteroatoms. The Labute approximate surface area is 73.0 Å². The standard InChI is InChI=1S/C8H5F3S/c9-8(10,11)7-3-1-2-6(4-7)5-12/h1-5H. The fourth-order valence-corrected chi connectivity index (χ4v) is 0.935. The summed E-state index contributed by atoms with van der Waals surface area (Å²) >= 11 is 4.51. The van der Waals surface area contributed by atoms with E-state index < -0.39 is 11.7 Å². The van der Waals surface area contributed by atoms with Gasteiger partial charge in [0.05, 0.1) is 5.56 Å². The Hall–Kier alpha value is -0.900. The number of hydrogen-bond acceptors (Lipinski definition) is 1. The highest BCUT2D eigenvalue weighted by Gasteiger charge is 2.30. The van der Waals surface area contributed by atoms with E-state index in [-0.39, 0.29) is 0 Å². The monoisotopic (exact) mass is 190 g/mol. The van der Waals surface area contributed by atoms with E-state index in [1.54, 1.807) is 0 Å². The van der Waals surface area contributed by atoms with E-state index >= 15 is 0 Å². The maximum atomic E-state index is 12.1. The second-order valence-electron chi connectivity index (χ2n) is 2.24. The maximum absolute atomic E-state index is 12.1. The molecule has 64 valence electrons. The normalized spacial score (nSPS) is 11.2. The van der Waals surface area contributed by atoms with Crippen molar-refractivity contribution in [2.24, 2.45) is 0 Å². The minimum atomic E-state index is -4.28. The molecular weight excluding hydrogens is 185 g/mol. The van der Waals surface area contributed by atoms with Gasteiger partial charge in [0.15, 0.2) is 0 Å². The van der Waals surface area contributed by atoms with Crippen molar-refractivity contribution >= 4 is 17.6 Å². The molecule has 0 atom stereocenters. The first-order chi connectivity index (χ1) is 5.54. The van der Waals surface area contributed by atoms with Gasteiger partial charge in [0.25, 0.3) is 0 Å². The van der Waals surface area contributed by atoms with E-state index in [4.69, 9.17) is 0 Å². The van der Waals surface area contributed by atoms with Crippen LogP contribution in [0.2, 0.25) is 0 Å². The molecule has 0 nitrogen and oxygen atoms in total. The molecule has 0 aliphatic rings. The summed E-state index contributed by atoms with van der Waals surface area (Å²) in [6.07, 6.45) is -4.28. The molecule has 0 spiro atoms. The summed E-state index contributed by atoms with van der Waals surface area (Å²) in [7, 11) is 0. The summed E-state index contributed by atoms with van der Waals surface area (Å²) < 4.78 is 36.2. The average Bonchev–Trinajstić information content (AvgIpc) is 2.03. The van der Waals surface area contributed by atoms with Crippen molar-refractivity contribution in [2.75, 3.05) is 0 Å². The Bertz CT molecular complexity index is 291. The summed E-state index contributed by atoms with van der Waals surface area (Å²) in [5.74, 6) is 0. The summed E-state index contributed by atoms with van der Waals surface area (Å²) in [5, 5.41) is 1.22. The molecule has 1 rings (SSSR count). The van der Waals surface area contributed by atoms with E-state index in [2.05, 4.69) is 12.2 Å². The Morgan fingerprint density at radius 1 is 1.25 bits per heavy atom. The molecule has 0 heterocycles. The van der Waals surface area contributed by atoms with E-state index in [9.17, 15) is 13.2 Å². The summed E-state index contributed by atoms with van der Waals surface area (Å²) in [6.45, 7) is 0. The lowest BCUT2D eigenvalue weighted by molar-refractivity contribution is -0.137. The van der Waals surface area contributed by atoms with E-state index in [0.29, 0.717) is 5.56 Å². The number of rotatable bonds is 1. The van der Waals surface area contributed by atoms with Gasteiger partial charge in [-0.1, -0.05) is 24.4 Å². The van der Waals surface area contributed by atoms with Crippen LogP contribution in [0.15, 0.2) is 24.3 Å². The van der Waals surface area contributed by atoms with Crippen LogP contribution < -0.4 is 0 Å². The van der Waals surface area contributed by atoms with Crippen LogP contribution in [0, 0.1) is 0 Å². The third kappa shape index (κ3) is 2.04. The smallest absolute Gasteiger partial charge is 0.166 e. The second-order valence-corrected chi connectivity index (χ2v) is 2.48. The van der Waals surface area contributed by atoms with Gasteiger partial charge in [0.2, 0.25) is 0 Å². The molecular formula is C8H5F3S. The third-order valence-corrected chi connectivity index (χ3v) is 1.62. The SMILES string of the molecule is FC(F)(F)c1cccc(C=S)c1. The number of thiocarbonyl (C=S) groups is 1. The fourth-order valence-electron chi connectivity index (χ4n) is 0.788. The molecule has 0 radical (unpaired) electrons. The molecule has 0 aromatic heterocycles. The van der Waals surface area contributed by atoms with Crippen molar-refractivity contribution in [2.45, 2.75) is 6.18 Å². The minimum absolute atomic E-state index is 0.403. The highest BCUT2D eigenvalue weighted by Crippen LogP contribution is 2.29. The van der Waals surface area contributed by atoms with Gasteiger partial charge in [0.1, 0.15) is 0 Å². The molecule has 0 aliphatic carbocycles. The largest absolute Gasteiger partial charge is 0.416 e. The Morgan fingerprint density at radius 2 is 1.92 bits per heavy atom. The first kappa shape index (κ1) is 9.19. The van der Waals surface area contributed by atoms with Gasteiger partial charge in [-0.05, 0) is 17.7 Å². The van der Waals surface area contributed by atoms with E-state index in [1.807, 2.05) is 0 Å². The molecule has 12 heavy (non-hydrogen) atoms. The van der Waals surface area contributed by atoms with Crippen LogP contribution in [0.5, 0.6) is 0 Å². The average molecular weight is 190 g/mol. The molecule has 0 bridgehead atoms. The molecule has 0 saturated carbocycles. The topological polar surface area (TPSA) is 0 Å². The molecule has 1 aromatic carbocycles. The first-order valence-electron chi connectivity index (χ1n) is 3.16. The van der Waals surface area contributed by atoms with Crippen molar-refractivity contribution in [3.63, 3.8) is 0 Å². The predicted molar refractivity (Wildman–Crippen MR) is 44.2 cm³/mol. The highest BCUT2D eigenvalue weighted by molar-refractivity contribution is 7.79. The highest BCUT2D eigenvalue weighted by atomic mass is 32.1. The summed E-state index contributed by atoms with van der Waals surface area (Å²) in [4.78, 5) is 0. The van der Waals surface area contributed by atoms with Gasteiger partial charge in [-0.25, -0.2) is 0 Å². The molecule has 0 fully saturated rings. The third-order valence-electron chi connectivity index (χ3n) is 1.35. The van der Waals surface area contributed by atoms with Crippen LogP contribution in [0.3, 0.4) is 0 Å². The maximum Gasteiger partial charge on any atom is 0.416 e. The van der Waals surface area contributed by atoms with Crippen molar-refractivity contribution in [1.29, 1.82) is 0 Å². The molecule has 1 aromatic rings. The van der Waals surface area contributed by atoms with Crippen LogP contribution >= 0.6 is 12.2 Å². The van der Waals surface area contributed by atoms with E-state index in [0.717, 1.165) is 12.1 Å². The van der Waals surface area contributed by atoms with Gasteiger partial charge < -0.3 is 0 Å². The Balaban J connectivity index is 3.10. The number of hydrogen-bond donors (Lipinski definition) is 0. The van der Waals surface area contributed by atoms with Crippen molar-refractivity contribution in [1.82, 2.24) is 0 Å². The van der Waals surface area contributed by atoms with Gasteiger partial charge in [-0.3, -0.25) is 0 Å². The van der Waals surface area contributed by atoms with Crippen LogP contribution in [0.1, 0.15) is 11.1 Å². The van der Waals surface area contributed by atoms with Crippen molar-refractivity contribution in [3.8, 4) is 0 Å². The van der Waals surface area contributed by atoms with Crippen molar-refractivity contribution < 1.29 is 13.2 Å². The molecule has 0 saturated heterocycles. The molecule has 0 amide bonds. The zero-order valence-corrected chi connectivity index (χ0v) is 6.75. The number of alkyl halides is 3. The minimum Gasteiger partial charge on any atom is -0.166 e.